The zero-order valence-corrected chi connectivity index (χ0v) is 15.0. The maximum absolute atomic E-state index is 13.1. The van der Waals surface area contributed by atoms with Gasteiger partial charge in [-0.05, 0) is 55.6 Å². The van der Waals surface area contributed by atoms with Crippen LogP contribution in [0.2, 0.25) is 0 Å². The fourth-order valence-electron chi connectivity index (χ4n) is 3.42. The molecule has 0 spiro atoms. The monoisotopic (exact) mass is 356 g/mol. The lowest BCUT2D eigenvalue weighted by molar-refractivity contribution is -0.121. The zero-order chi connectivity index (χ0) is 18.4. The quantitative estimate of drug-likeness (QED) is 0.819. The topological polar surface area (TPSA) is 41.6 Å². The van der Waals surface area contributed by atoms with Crippen LogP contribution in [0.1, 0.15) is 24.9 Å². The molecule has 0 bridgehead atoms. The van der Waals surface area contributed by atoms with Crippen molar-refractivity contribution in [2.45, 2.75) is 19.4 Å². The molecule has 5 heteroatoms. The molecule has 1 aliphatic rings. The largest absolute Gasteiger partial charge is 0.381 e. The minimum atomic E-state index is -0.368. The molecule has 0 unspecified atom stereocenters. The lowest BCUT2D eigenvalue weighted by Gasteiger charge is -2.27. The number of halogens is 1. The number of likely N-dealkylation sites (tertiary alicyclic amines) is 1. The summed E-state index contributed by atoms with van der Waals surface area (Å²) in [6.45, 7) is 5.12. The number of ether oxygens (including phenoxy) is 1. The average molecular weight is 356 g/mol. The fraction of sp³-hybridized carbons (Fsp3) is 0.381. The Morgan fingerprint density at radius 3 is 2.65 bits per heavy atom. The number of benzene rings is 2. The molecule has 1 fully saturated rings. The lowest BCUT2D eigenvalue weighted by atomic mass is 10.0. The van der Waals surface area contributed by atoms with Crippen LogP contribution in [0.5, 0.6) is 0 Å². The Morgan fingerprint density at radius 1 is 1.23 bits per heavy atom. The van der Waals surface area contributed by atoms with E-state index in [1.807, 2.05) is 37.3 Å². The van der Waals surface area contributed by atoms with Gasteiger partial charge in [0.2, 0.25) is 5.91 Å². The van der Waals surface area contributed by atoms with Gasteiger partial charge in [0.25, 0.3) is 0 Å². The summed E-state index contributed by atoms with van der Waals surface area (Å²) in [4.78, 5) is 15.2. The zero-order valence-electron chi connectivity index (χ0n) is 15.0. The van der Waals surface area contributed by atoms with Crippen molar-refractivity contribution in [3.05, 3.63) is 66.0 Å². The third-order valence-corrected chi connectivity index (χ3v) is 4.72. The van der Waals surface area contributed by atoms with Crippen LogP contribution in [0, 0.1) is 11.7 Å². The molecule has 0 aliphatic carbocycles. The normalized spacial score (nSPS) is 18.6. The van der Waals surface area contributed by atoms with Crippen molar-refractivity contribution in [1.29, 1.82) is 0 Å². The number of rotatable bonds is 7. The standard InChI is InChI=1S/C21H25FN2O2/c1-2-26-15-16-12-13-24(14-16)20(17-6-4-3-5-7-17)21(25)23-19-10-8-18(22)9-11-19/h3-11,16,20H,2,12-15H2,1H3,(H,23,25)/t16-,20+/m1/s1. The van der Waals surface area contributed by atoms with Gasteiger partial charge in [-0.2, -0.15) is 0 Å². The molecule has 1 aliphatic heterocycles. The fourth-order valence-corrected chi connectivity index (χ4v) is 3.42. The first kappa shape index (κ1) is 18.5. The summed E-state index contributed by atoms with van der Waals surface area (Å²) < 4.78 is 18.7. The van der Waals surface area contributed by atoms with Crippen LogP contribution in [0.25, 0.3) is 0 Å². The molecule has 1 amide bonds. The maximum atomic E-state index is 13.1. The van der Waals surface area contributed by atoms with E-state index in [2.05, 4.69) is 10.2 Å². The number of nitrogens with zero attached hydrogens (tertiary/aromatic N) is 1. The second kappa shape index (κ2) is 8.92. The van der Waals surface area contributed by atoms with Crippen LogP contribution < -0.4 is 5.32 Å². The molecule has 4 nitrogen and oxygen atoms in total. The first-order valence-electron chi connectivity index (χ1n) is 9.10. The van der Waals surface area contributed by atoms with Gasteiger partial charge in [0.05, 0.1) is 6.61 Å². The molecule has 1 heterocycles. The predicted octanol–water partition coefficient (Wildman–Crippen LogP) is 3.86. The second-order valence-corrected chi connectivity index (χ2v) is 6.62. The van der Waals surface area contributed by atoms with Gasteiger partial charge in [0.1, 0.15) is 11.9 Å². The lowest BCUT2D eigenvalue weighted by Crippen LogP contribution is -2.36. The van der Waals surface area contributed by atoms with E-state index >= 15 is 0 Å². The van der Waals surface area contributed by atoms with Gasteiger partial charge >= 0.3 is 0 Å². The molecule has 1 saturated heterocycles. The summed E-state index contributed by atoms with van der Waals surface area (Å²) >= 11 is 0. The minimum absolute atomic E-state index is 0.0973. The Morgan fingerprint density at radius 2 is 1.96 bits per heavy atom. The third-order valence-electron chi connectivity index (χ3n) is 4.72. The number of carbonyl (C=O) groups is 1. The Hall–Kier alpha value is -2.24. The van der Waals surface area contributed by atoms with Crippen LogP contribution in [0.15, 0.2) is 54.6 Å². The van der Waals surface area contributed by atoms with Crippen molar-refractivity contribution >= 4 is 11.6 Å². The van der Waals surface area contributed by atoms with Crippen molar-refractivity contribution < 1.29 is 13.9 Å². The van der Waals surface area contributed by atoms with E-state index < -0.39 is 0 Å². The molecule has 0 saturated carbocycles. The molecular formula is C21H25FN2O2. The summed E-state index contributed by atoms with van der Waals surface area (Å²) in [5.74, 6) is 0.0283. The van der Waals surface area contributed by atoms with Gasteiger partial charge in [-0.3, -0.25) is 9.69 Å². The van der Waals surface area contributed by atoms with Gasteiger partial charge in [0, 0.05) is 18.8 Å². The van der Waals surface area contributed by atoms with Crippen LogP contribution >= 0.6 is 0 Å². The summed E-state index contributed by atoms with van der Waals surface area (Å²) in [5.41, 5.74) is 1.56. The molecule has 0 radical (unpaired) electrons. The minimum Gasteiger partial charge on any atom is -0.381 e. The van der Waals surface area contributed by atoms with E-state index in [1.54, 1.807) is 12.1 Å². The SMILES string of the molecule is CCOC[C@@H]1CCN([C@H](C(=O)Nc2ccc(F)cc2)c2ccccc2)C1. The van der Waals surface area contributed by atoms with Crippen molar-refractivity contribution in [2.24, 2.45) is 5.92 Å². The molecule has 138 valence electrons. The van der Waals surface area contributed by atoms with Gasteiger partial charge in [0.15, 0.2) is 0 Å². The third kappa shape index (κ3) is 4.68. The summed E-state index contributed by atoms with van der Waals surface area (Å²) in [7, 11) is 0. The molecule has 2 atom stereocenters. The predicted molar refractivity (Wildman–Crippen MR) is 100 cm³/mol. The number of amides is 1. The van der Waals surface area contributed by atoms with Crippen molar-refractivity contribution in [3.8, 4) is 0 Å². The summed E-state index contributed by atoms with van der Waals surface area (Å²) in [5, 5.41) is 2.92. The average Bonchev–Trinajstić information content (AvgIpc) is 3.11. The Bertz CT molecular complexity index is 706. The van der Waals surface area contributed by atoms with E-state index in [0.29, 0.717) is 18.2 Å². The summed E-state index contributed by atoms with van der Waals surface area (Å²) in [6, 6.07) is 15.3. The highest BCUT2D eigenvalue weighted by molar-refractivity contribution is 5.95. The number of carbonyl (C=O) groups excluding carboxylic acids is 1. The van der Waals surface area contributed by atoms with Gasteiger partial charge in [-0.25, -0.2) is 4.39 Å². The molecule has 2 aromatic rings. The van der Waals surface area contributed by atoms with Crippen molar-refractivity contribution in [2.75, 3.05) is 31.6 Å². The van der Waals surface area contributed by atoms with Crippen LogP contribution in [0.3, 0.4) is 0 Å². The van der Waals surface area contributed by atoms with Crippen LogP contribution in [0.4, 0.5) is 10.1 Å². The second-order valence-electron chi connectivity index (χ2n) is 6.62. The highest BCUT2D eigenvalue weighted by Gasteiger charge is 2.33. The molecule has 3 rings (SSSR count). The number of nitrogens with one attached hydrogen (secondary N) is 1. The van der Waals surface area contributed by atoms with E-state index in [0.717, 1.165) is 31.7 Å². The number of hydrogen-bond acceptors (Lipinski definition) is 3. The molecule has 2 aromatic carbocycles. The smallest absolute Gasteiger partial charge is 0.246 e. The Labute approximate surface area is 154 Å². The first-order valence-corrected chi connectivity index (χ1v) is 9.10. The molecule has 1 N–H and O–H groups in total. The van der Waals surface area contributed by atoms with E-state index in [4.69, 9.17) is 4.74 Å². The summed E-state index contributed by atoms with van der Waals surface area (Å²) in [6.07, 6.45) is 1.02. The molecule has 26 heavy (non-hydrogen) atoms. The maximum Gasteiger partial charge on any atom is 0.246 e. The van der Waals surface area contributed by atoms with Crippen LogP contribution in [-0.2, 0) is 9.53 Å². The Balaban J connectivity index is 1.75. The first-order chi connectivity index (χ1) is 12.7. The van der Waals surface area contributed by atoms with Crippen molar-refractivity contribution in [1.82, 2.24) is 4.90 Å². The molecular weight excluding hydrogens is 331 g/mol. The van der Waals surface area contributed by atoms with E-state index in [1.165, 1.54) is 12.1 Å². The van der Waals surface area contributed by atoms with E-state index in [9.17, 15) is 9.18 Å². The highest BCUT2D eigenvalue weighted by Crippen LogP contribution is 2.29. The highest BCUT2D eigenvalue weighted by atomic mass is 19.1. The van der Waals surface area contributed by atoms with Gasteiger partial charge in [-0.15, -0.1) is 0 Å². The van der Waals surface area contributed by atoms with Crippen LogP contribution in [-0.4, -0.2) is 37.1 Å². The van der Waals surface area contributed by atoms with Gasteiger partial charge in [-0.1, -0.05) is 30.3 Å². The van der Waals surface area contributed by atoms with Crippen molar-refractivity contribution in [3.63, 3.8) is 0 Å². The van der Waals surface area contributed by atoms with Gasteiger partial charge < -0.3 is 10.1 Å². The number of anilines is 1. The number of hydrogen-bond donors (Lipinski definition) is 1. The van der Waals surface area contributed by atoms with E-state index in [-0.39, 0.29) is 17.8 Å². The Kier molecular flexibility index (Phi) is 6.36. The molecule has 0 aromatic heterocycles.